The Labute approximate surface area is 297 Å². The van der Waals surface area contributed by atoms with Gasteiger partial charge >= 0.3 is 13.8 Å². The Morgan fingerprint density at radius 1 is 0.653 bits per heavy atom. The molecular formula is C39H66NO8P. The number of amides is 1. The molecule has 1 amide bonds. The molecule has 0 fully saturated rings. The Morgan fingerprint density at radius 2 is 1.14 bits per heavy atom. The van der Waals surface area contributed by atoms with E-state index in [1.807, 2.05) is 12.2 Å². The molecule has 3 N–H and O–H groups in total. The van der Waals surface area contributed by atoms with Gasteiger partial charge in [-0.05, 0) is 51.4 Å². The van der Waals surface area contributed by atoms with Crippen LogP contribution in [0.15, 0.2) is 72.9 Å². The fourth-order valence-electron chi connectivity index (χ4n) is 4.40. The smallest absolute Gasteiger partial charge is 0.463 e. The zero-order valence-electron chi connectivity index (χ0n) is 30.4. The number of nitrogens with one attached hydrogen (secondary N) is 1. The van der Waals surface area contributed by atoms with Crippen LogP contribution in [0.5, 0.6) is 0 Å². The molecule has 0 aliphatic heterocycles. The van der Waals surface area contributed by atoms with Crippen molar-refractivity contribution >= 4 is 19.7 Å². The first kappa shape index (κ1) is 46.5. The van der Waals surface area contributed by atoms with Gasteiger partial charge in [-0.1, -0.05) is 138 Å². The standard InChI is InChI=1S/C39H66NO8P/c1-3-5-7-9-11-13-14-15-16-17-18-19-20-21-22-24-25-27-29-31-38(42)40-33-34-47-49(44,45)48-36-37(41)35-46-39(43)32-30-28-26-23-12-10-8-6-4-2/h5,7,11,13,15-16,18-19,21-22,25,27,37,41H,3-4,6,8-10,12,14,17,20,23-24,26,28-36H2,1-2H3,(H,40,42)(H,44,45)/b7-5-,13-11-,16-15-,19-18-,22-21-,27-25-. The Balaban J connectivity index is 3.77. The first-order chi connectivity index (χ1) is 23.8. The van der Waals surface area contributed by atoms with Gasteiger partial charge in [0.1, 0.15) is 12.7 Å². The number of aliphatic hydroxyl groups excluding tert-OH is 1. The maximum atomic E-state index is 12.0. The van der Waals surface area contributed by atoms with Crippen molar-refractivity contribution in [1.82, 2.24) is 5.32 Å². The number of aliphatic hydroxyl groups is 1. The maximum absolute atomic E-state index is 12.0. The van der Waals surface area contributed by atoms with Gasteiger partial charge in [-0.3, -0.25) is 18.6 Å². The van der Waals surface area contributed by atoms with E-state index in [4.69, 9.17) is 13.8 Å². The minimum Gasteiger partial charge on any atom is -0.463 e. The summed E-state index contributed by atoms with van der Waals surface area (Å²) in [4.78, 5) is 33.6. The second-order valence-electron chi connectivity index (χ2n) is 11.8. The molecule has 0 aliphatic rings. The highest BCUT2D eigenvalue weighted by atomic mass is 31.2. The Kier molecular flexibility index (Phi) is 33.4. The summed E-state index contributed by atoms with van der Waals surface area (Å²) in [7, 11) is -4.43. The van der Waals surface area contributed by atoms with Gasteiger partial charge in [0.25, 0.3) is 0 Å². The van der Waals surface area contributed by atoms with E-state index in [-0.39, 0.29) is 32.1 Å². The Hall–Kier alpha value is -2.55. The lowest BCUT2D eigenvalue weighted by Crippen LogP contribution is -2.27. The summed E-state index contributed by atoms with van der Waals surface area (Å²) in [5.41, 5.74) is 0. The number of rotatable bonds is 33. The summed E-state index contributed by atoms with van der Waals surface area (Å²) in [6.07, 6.45) is 41.4. The number of allylic oxidation sites excluding steroid dienone is 12. The molecule has 10 heteroatoms. The molecule has 0 heterocycles. The first-order valence-corrected chi connectivity index (χ1v) is 19.9. The van der Waals surface area contributed by atoms with Crippen LogP contribution in [0.3, 0.4) is 0 Å². The van der Waals surface area contributed by atoms with Crippen molar-refractivity contribution in [3.8, 4) is 0 Å². The van der Waals surface area contributed by atoms with Crippen LogP contribution in [0, 0.1) is 0 Å². The molecule has 0 saturated heterocycles. The molecule has 49 heavy (non-hydrogen) atoms. The number of ether oxygens (including phenoxy) is 1. The van der Waals surface area contributed by atoms with E-state index in [1.165, 1.54) is 38.5 Å². The van der Waals surface area contributed by atoms with Gasteiger partial charge < -0.3 is 20.1 Å². The van der Waals surface area contributed by atoms with E-state index >= 15 is 0 Å². The van der Waals surface area contributed by atoms with Gasteiger partial charge in [0, 0.05) is 19.4 Å². The summed E-state index contributed by atoms with van der Waals surface area (Å²) in [5.74, 6) is -0.613. The van der Waals surface area contributed by atoms with E-state index in [0.29, 0.717) is 12.8 Å². The molecule has 0 aromatic rings. The van der Waals surface area contributed by atoms with Gasteiger partial charge in [0.15, 0.2) is 0 Å². The third kappa shape index (κ3) is 36.6. The van der Waals surface area contributed by atoms with E-state index in [9.17, 15) is 24.2 Å². The van der Waals surface area contributed by atoms with Crippen LogP contribution in [0.4, 0.5) is 0 Å². The highest BCUT2D eigenvalue weighted by molar-refractivity contribution is 7.47. The molecular weight excluding hydrogens is 641 g/mol. The summed E-state index contributed by atoms with van der Waals surface area (Å²) in [6.45, 7) is 3.28. The average Bonchev–Trinajstić information content (AvgIpc) is 3.08. The van der Waals surface area contributed by atoms with Crippen molar-refractivity contribution in [2.75, 3.05) is 26.4 Å². The van der Waals surface area contributed by atoms with Crippen LogP contribution in [0.1, 0.15) is 129 Å². The predicted octanol–water partition coefficient (Wildman–Crippen LogP) is 9.54. The van der Waals surface area contributed by atoms with Crippen LogP contribution < -0.4 is 5.32 Å². The summed E-state index contributed by atoms with van der Waals surface area (Å²) < 4.78 is 26.7. The van der Waals surface area contributed by atoms with E-state index in [2.05, 4.69) is 79.9 Å². The topological polar surface area (TPSA) is 131 Å². The molecule has 0 aromatic carbocycles. The lowest BCUT2D eigenvalue weighted by molar-refractivity contribution is -0.147. The summed E-state index contributed by atoms with van der Waals surface area (Å²) in [5, 5.41) is 12.5. The van der Waals surface area contributed by atoms with E-state index in [0.717, 1.165) is 57.8 Å². The zero-order chi connectivity index (χ0) is 36.1. The van der Waals surface area contributed by atoms with Gasteiger partial charge in [-0.15, -0.1) is 0 Å². The third-order valence-corrected chi connectivity index (χ3v) is 8.15. The molecule has 0 radical (unpaired) electrons. The SMILES string of the molecule is CC/C=C\C/C=C\C/C=C\C/C=C\C/C=C\C/C=C\CCC(=O)NCCOP(=O)(O)OCC(O)COC(=O)CCCCCCCCCCC. The lowest BCUT2D eigenvalue weighted by Gasteiger charge is -2.15. The van der Waals surface area contributed by atoms with E-state index < -0.39 is 26.5 Å². The monoisotopic (exact) mass is 707 g/mol. The first-order valence-electron chi connectivity index (χ1n) is 18.4. The predicted molar refractivity (Wildman–Crippen MR) is 201 cm³/mol. The molecule has 0 rings (SSSR count). The molecule has 280 valence electrons. The summed E-state index contributed by atoms with van der Waals surface area (Å²) in [6, 6.07) is 0. The minimum absolute atomic E-state index is 0.0372. The number of unbranched alkanes of at least 4 members (excludes halogenated alkanes) is 8. The van der Waals surface area contributed by atoms with E-state index in [1.54, 1.807) is 0 Å². The van der Waals surface area contributed by atoms with Crippen LogP contribution in [-0.4, -0.2) is 54.3 Å². The number of phosphoric acid groups is 1. The Bertz CT molecular complexity index is 1030. The number of carbonyl (C=O) groups excluding carboxylic acids is 2. The number of carbonyl (C=O) groups is 2. The van der Waals surface area contributed by atoms with Crippen molar-refractivity contribution in [2.45, 2.75) is 136 Å². The van der Waals surface area contributed by atoms with Gasteiger partial charge in [-0.2, -0.15) is 0 Å². The van der Waals surface area contributed by atoms with Crippen molar-refractivity contribution in [2.24, 2.45) is 0 Å². The number of esters is 1. The van der Waals surface area contributed by atoms with Crippen LogP contribution >= 0.6 is 7.82 Å². The van der Waals surface area contributed by atoms with Crippen molar-refractivity contribution in [3.05, 3.63) is 72.9 Å². The molecule has 2 atom stereocenters. The second kappa shape index (κ2) is 35.3. The van der Waals surface area contributed by atoms with Crippen LogP contribution in [0.2, 0.25) is 0 Å². The second-order valence-corrected chi connectivity index (χ2v) is 13.3. The zero-order valence-corrected chi connectivity index (χ0v) is 31.2. The largest absolute Gasteiger partial charge is 0.472 e. The third-order valence-electron chi connectivity index (χ3n) is 7.16. The average molecular weight is 708 g/mol. The maximum Gasteiger partial charge on any atom is 0.472 e. The molecule has 0 aliphatic carbocycles. The highest BCUT2D eigenvalue weighted by Crippen LogP contribution is 2.42. The molecule has 9 nitrogen and oxygen atoms in total. The van der Waals surface area contributed by atoms with Crippen molar-refractivity contribution in [3.63, 3.8) is 0 Å². The summed E-state index contributed by atoms with van der Waals surface area (Å²) >= 11 is 0. The lowest BCUT2D eigenvalue weighted by atomic mass is 10.1. The molecule has 0 bridgehead atoms. The van der Waals surface area contributed by atoms with Gasteiger partial charge in [0.05, 0.1) is 13.2 Å². The Morgan fingerprint density at radius 3 is 1.67 bits per heavy atom. The van der Waals surface area contributed by atoms with Gasteiger partial charge in [0.2, 0.25) is 5.91 Å². The normalized spacial score (nSPS) is 14.3. The van der Waals surface area contributed by atoms with Crippen molar-refractivity contribution < 1.29 is 37.9 Å². The van der Waals surface area contributed by atoms with Gasteiger partial charge in [-0.25, -0.2) is 4.57 Å². The molecule has 0 spiro atoms. The minimum atomic E-state index is -4.43. The van der Waals surface area contributed by atoms with Crippen LogP contribution in [-0.2, 0) is 27.9 Å². The fourth-order valence-corrected chi connectivity index (χ4v) is 5.16. The number of hydrogen-bond donors (Lipinski definition) is 3. The number of hydrogen-bond acceptors (Lipinski definition) is 7. The quantitative estimate of drug-likeness (QED) is 0.0266. The molecule has 0 aromatic heterocycles. The highest BCUT2D eigenvalue weighted by Gasteiger charge is 2.23. The van der Waals surface area contributed by atoms with Crippen LogP contribution in [0.25, 0.3) is 0 Å². The van der Waals surface area contributed by atoms with Crippen molar-refractivity contribution in [1.29, 1.82) is 0 Å². The molecule has 2 unspecified atom stereocenters. The number of phosphoric ester groups is 1. The fraction of sp³-hybridized carbons (Fsp3) is 0.641. The molecule has 0 saturated carbocycles.